The molecule has 0 bridgehead atoms. The van der Waals surface area contributed by atoms with Gasteiger partial charge in [-0.05, 0) is 32.2 Å². The topological polar surface area (TPSA) is 87.5 Å². The minimum Gasteiger partial charge on any atom is -0.338 e. The molecule has 29 heavy (non-hydrogen) atoms. The summed E-state index contributed by atoms with van der Waals surface area (Å²) in [6.07, 6.45) is 0. The molecule has 0 spiro atoms. The van der Waals surface area contributed by atoms with E-state index in [0.717, 1.165) is 11.1 Å². The largest absolute Gasteiger partial charge is 0.338 e. The maximum Gasteiger partial charge on any atom is 0.240 e. The zero-order valence-corrected chi connectivity index (χ0v) is 16.1. The number of benzene rings is 2. The molecule has 2 aromatic carbocycles. The van der Waals surface area contributed by atoms with E-state index in [2.05, 4.69) is 15.8 Å². The standard InChI is InChI=1S/C21H21FN4O3/c1-14-6-8-15(9-7-14)18-11-21(29-25-18)24-20(28)13-26(2)12-19(27)23-17-5-3-4-16(22)10-17/h3-11H,12-13H2,1-2H3,(H,23,27)(H,24,28). The number of carbonyl (C=O) groups excluding carboxylic acids is 2. The molecule has 3 aromatic rings. The lowest BCUT2D eigenvalue weighted by atomic mass is 10.1. The molecule has 7 nitrogen and oxygen atoms in total. The number of aryl methyl sites for hydroxylation is 1. The molecule has 150 valence electrons. The Morgan fingerprint density at radius 3 is 2.41 bits per heavy atom. The van der Waals surface area contributed by atoms with E-state index in [9.17, 15) is 14.0 Å². The SMILES string of the molecule is Cc1ccc(-c2cc(NC(=O)CN(C)CC(=O)Nc3cccc(F)c3)on2)cc1. The van der Waals surface area contributed by atoms with E-state index >= 15 is 0 Å². The van der Waals surface area contributed by atoms with Gasteiger partial charge in [0.2, 0.25) is 17.7 Å². The van der Waals surface area contributed by atoms with Crippen molar-refractivity contribution in [2.24, 2.45) is 0 Å². The highest BCUT2D eigenvalue weighted by atomic mass is 19.1. The fraction of sp³-hybridized carbons (Fsp3) is 0.190. The summed E-state index contributed by atoms with van der Waals surface area (Å²) in [6.45, 7) is 1.93. The summed E-state index contributed by atoms with van der Waals surface area (Å²) in [5, 5.41) is 9.15. The number of hydrogen-bond donors (Lipinski definition) is 2. The number of amides is 2. The van der Waals surface area contributed by atoms with Gasteiger partial charge in [-0.15, -0.1) is 0 Å². The number of rotatable bonds is 7. The van der Waals surface area contributed by atoms with Crippen molar-refractivity contribution in [2.75, 3.05) is 30.8 Å². The molecule has 0 saturated carbocycles. The molecule has 0 aliphatic rings. The summed E-state index contributed by atoms with van der Waals surface area (Å²) >= 11 is 0. The van der Waals surface area contributed by atoms with Gasteiger partial charge in [-0.1, -0.05) is 41.1 Å². The second kappa shape index (κ2) is 9.11. The van der Waals surface area contributed by atoms with Gasteiger partial charge in [-0.25, -0.2) is 4.39 Å². The van der Waals surface area contributed by atoms with E-state index in [1.165, 1.54) is 23.1 Å². The number of nitrogens with one attached hydrogen (secondary N) is 2. The molecule has 0 atom stereocenters. The average molecular weight is 396 g/mol. The van der Waals surface area contributed by atoms with Crippen molar-refractivity contribution in [3.05, 3.63) is 66.0 Å². The quantitative estimate of drug-likeness (QED) is 0.640. The predicted octanol–water partition coefficient (Wildman–Crippen LogP) is 3.30. The van der Waals surface area contributed by atoms with E-state index in [0.29, 0.717) is 11.4 Å². The summed E-state index contributed by atoms with van der Waals surface area (Å²) in [7, 11) is 1.63. The third-order valence-electron chi connectivity index (χ3n) is 4.06. The maximum absolute atomic E-state index is 13.2. The molecule has 2 N–H and O–H groups in total. The summed E-state index contributed by atoms with van der Waals surface area (Å²) in [6, 6.07) is 15.0. The van der Waals surface area contributed by atoms with Crippen LogP contribution in [0.25, 0.3) is 11.3 Å². The first-order chi connectivity index (χ1) is 13.9. The predicted molar refractivity (Wildman–Crippen MR) is 108 cm³/mol. The molecule has 0 unspecified atom stereocenters. The normalized spacial score (nSPS) is 10.8. The highest BCUT2D eigenvalue weighted by Crippen LogP contribution is 2.22. The third kappa shape index (κ3) is 5.98. The number of carbonyl (C=O) groups is 2. The lowest BCUT2D eigenvalue weighted by molar-refractivity contribution is -0.119. The number of nitrogens with zero attached hydrogens (tertiary/aromatic N) is 2. The first kappa shape index (κ1) is 20.2. The van der Waals surface area contributed by atoms with E-state index < -0.39 is 5.82 Å². The highest BCUT2D eigenvalue weighted by molar-refractivity contribution is 5.94. The maximum atomic E-state index is 13.2. The van der Waals surface area contributed by atoms with Crippen molar-refractivity contribution in [2.45, 2.75) is 6.92 Å². The number of likely N-dealkylation sites (N-methyl/N-ethyl adjacent to an activating group) is 1. The number of anilines is 2. The van der Waals surface area contributed by atoms with Crippen LogP contribution in [0.3, 0.4) is 0 Å². The Morgan fingerprint density at radius 1 is 1.03 bits per heavy atom. The Bertz CT molecular complexity index is 1000. The van der Waals surface area contributed by atoms with E-state index in [-0.39, 0.29) is 30.8 Å². The zero-order valence-electron chi connectivity index (χ0n) is 16.1. The molecule has 0 radical (unpaired) electrons. The summed E-state index contributed by atoms with van der Waals surface area (Å²) in [4.78, 5) is 25.7. The minimum absolute atomic E-state index is 0.0306. The van der Waals surface area contributed by atoms with Crippen LogP contribution in [0.5, 0.6) is 0 Å². The fourth-order valence-electron chi connectivity index (χ4n) is 2.68. The van der Waals surface area contributed by atoms with Gasteiger partial charge < -0.3 is 9.84 Å². The van der Waals surface area contributed by atoms with Crippen molar-refractivity contribution in [1.82, 2.24) is 10.1 Å². The van der Waals surface area contributed by atoms with Crippen LogP contribution in [-0.2, 0) is 9.59 Å². The molecule has 0 aliphatic carbocycles. The van der Waals surface area contributed by atoms with Crippen LogP contribution in [-0.4, -0.2) is 42.0 Å². The Kier molecular flexibility index (Phi) is 6.36. The van der Waals surface area contributed by atoms with Gasteiger partial charge in [0.05, 0.1) is 13.1 Å². The summed E-state index contributed by atoms with van der Waals surface area (Å²) < 4.78 is 18.3. The Hall–Kier alpha value is -3.52. The Morgan fingerprint density at radius 2 is 1.72 bits per heavy atom. The van der Waals surface area contributed by atoms with Crippen molar-refractivity contribution in [3.63, 3.8) is 0 Å². The smallest absolute Gasteiger partial charge is 0.240 e. The van der Waals surface area contributed by atoms with Crippen LogP contribution in [0.4, 0.5) is 16.0 Å². The van der Waals surface area contributed by atoms with Gasteiger partial charge in [-0.2, -0.15) is 0 Å². The second-order valence-corrected chi connectivity index (χ2v) is 6.72. The summed E-state index contributed by atoms with van der Waals surface area (Å²) in [5.74, 6) is -0.916. The molecule has 3 rings (SSSR count). The number of aromatic nitrogens is 1. The molecule has 0 fully saturated rings. The fourth-order valence-corrected chi connectivity index (χ4v) is 2.68. The molecule has 8 heteroatoms. The van der Waals surface area contributed by atoms with Gasteiger partial charge in [0.1, 0.15) is 11.5 Å². The van der Waals surface area contributed by atoms with Crippen molar-refractivity contribution >= 4 is 23.4 Å². The molecule has 0 aliphatic heterocycles. The first-order valence-corrected chi connectivity index (χ1v) is 8.96. The van der Waals surface area contributed by atoms with Crippen LogP contribution in [0, 0.1) is 12.7 Å². The lowest BCUT2D eigenvalue weighted by Crippen LogP contribution is -2.36. The van der Waals surface area contributed by atoms with Crippen molar-refractivity contribution < 1.29 is 18.5 Å². The van der Waals surface area contributed by atoms with E-state index in [1.54, 1.807) is 19.2 Å². The minimum atomic E-state index is -0.437. The van der Waals surface area contributed by atoms with Crippen LogP contribution in [0.1, 0.15) is 5.56 Å². The van der Waals surface area contributed by atoms with Gasteiger partial charge >= 0.3 is 0 Å². The van der Waals surface area contributed by atoms with Gasteiger partial charge in [-0.3, -0.25) is 19.8 Å². The van der Waals surface area contributed by atoms with E-state index in [1.807, 2.05) is 31.2 Å². The van der Waals surface area contributed by atoms with Crippen LogP contribution in [0.15, 0.2) is 59.1 Å². The molecule has 1 heterocycles. The Balaban J connectivity index is 1.48. The second-order valence-electron chi connectivity index (χ2n) is 6.72. The molecule has 1 aromatic heterocycles. The zero-order chi connectivity index (χ0) is 20.8. The van der Waals surface area contributed by atoms with Gasteiger partial charge in [0.25, 0.3) is 0 Å². The van der Waals surface area contributed by atoms with Crippen molar-refractivity contribution in [3.8, 4) is 11.3 Å². The molecular weight excluding hydrogens is 375 g/mol. The Labute approximate surface area is 167 Å². The highest BCUT2D eigenvalue weighted by Gasteiger charge is 2.14. The number of hydrogen-bond acceptors (Lipinski definition) is 5. The average Bonchev–Trinajstić information content (AvgIpc) is 3.10. The molecular formula is C21H21FN4O3. The van der Waals surface area contributed by atoms with Crippen molar-refractivity contribution in [1.29, 1.82) is 0 Å². The molecule has 2 amide bonds. The molecule has 0 saturated heterocycles. The van der Waals surface area contributed by atoms with Crippen LogP contribution >= 0.6 is 0 Å². The first-order valence-electron chi connectivity index (χ1n) is 8.96. The van der Waals surface area contributed by atoms with Gasteiger partial charge in [0.15, 0.2) is 0 Å². The third-order valence-corrected chi connectivity index (χ3v) is 4.06. The summed E-state index contributed by atoms with van der Waals surface area (Å²) in [5.41, 5.74) is 2.99. The van der Waals surface area contributed by atoms with Crippen LogP contribution < -0.4 is 10.6 Å². The van der Waals surface area contributed by atoms with Crippen LogP contribution in [0.2, 0.25) is 0 Å². The van der Waals surface area contributed by atoms with Gasteiger partial charge in [0, 0.05) is 17.3 Å². The number of halogens is 1. The van der Waals surface area contributed by atoms with E-state index in [4.69, 9.17) is 4.52 Å². The monoisotopic (exact) mass is 396 g/mol. The lowest BCUT2D eigenvalue weighted by Gasteiger charge is -2.15.